The second kappa shape index (κ2) is 6.94. The van der Waals surface area contributed by atoms with Gasteiger partial charge in [0.25, 0.3) is 5.91 Å². The summed E-state index contributed by atoms with van der Waals surface area (Å²) >= 11 is 0. The Kier molecular flexibility index (Phi) is 4.86. The van der Waals surface area contributed by atoms with Gasteiger partial charge in [-0.15, -0.1) is 0 Å². The van der Waals surface area contributed by atoms with Gasteiger partial charge in [0, 0.05) is 31.0 Å². The van der Waals surface area contributed by atoms with E-state index in [1.54, 1.807) is 0 Å². The van der Waals surface area contributed by atoms with Crippen LogP contribution in [-0.4, -0.2) is 53.8 Å². The Labute approximate surface area is 149 Å². The highest BCUT2D eigenvalue weighted by atomic mass is 32.2. The summed E-state index contributed by atoms with van der Waals surface area (Å²) in [6.07, 6.45) is 1.73. The van der Waals surface area contributed by atoms with Gasteiger partial charge >= 0.3 is 0 Å². The van der Waals surface area contributed by atoms with Crippen molar-refractivity contribution in [1.82, 2.24) is 14.9 Å². The summed E-state index contributed by atoms with van der Waals surface area (Å²) in [5, 5.41) is 2.69. The molecule has 0 spiro atoms. The van der Waals surface area contributed by atoms with Gasteiger partial charge in [-0.3, -0.25) is 4.79 Å². The Morgan fingerprint density at radius 1 is 1.27 bits per heavy atom. The van der Waals surface area contributed by atoms with Gasteiger partial charge in [-0.25, -0.2) is 27.2 Å². The summed E-state index contributed by atoms with van der Waals surface area (Å²) in [5.74, 6) is -2.42. The maximum Gasteiger partial charge on any atom is 0.272 e. The molecule has 1 atom stereocenters. The summed E-state index contributed by atoms with van der Waals surface area (Å²) in [5.41, 5.74) is 0.292. The van der Waals surface area contributed by atoms with Crippen molar-refractivity contribution in [3.8, 4) is 0 Å². The number of halogens is 2. The summed E-state index contributed by atoms with van der Waals surface area (Å²) in [4.78, 5) is 21.9. The van der Waals surface area contributed by atoms with Gasteiger partial charge < -0.3 is 10.2 Å². The Balaban J connectivity index is 1.76. The van der Waals surface area contributed by atoms with Crippen molar-refractivity contribution in [1.29, 1.82) is 0 Å². The highest BCUT2D eigenvalue weighted by Crippen LogP contribution is 2.19. The summed E-state index contributed by atoms with van der Waals surface area (Å²) in [6, 6.07) is 4.22. The molecule has 1 fully saturated rings. The molecule has 1 unspecified atom stereocenters. The van der Waals surface area contributed by atoms with Crippen molar-refractivity contribution >= 4 is 27.4 Å². The third-order valence-corrected chi connectivity index (χ3v) is 5.88. The average Bonchev–Trinajstić information content (AvgIpc) is 2.97. The molecule has 2 aromatic rings. The van der Waals surface area contributed by atoms with E-state index in [2.05, 4.69) is 15.3 Å². The molecule has 0 bridgehead atoms. The van der Waals surface area contributed by atoms with Gasteiger partial charge in [-0.05, 0) is 24.6 Å². The van der Waals surface area contributed by atoms with Gasteiger partial charge in [0.05, 0.1) is 11.5 Å². The van der Waals surface area contributed by atoms with Gasteiger partial charge in [-0.2, -0.15) is 0 Å². The fourth-order valence-electron chi connectivity index (χ4n) is 2.67. The number of hydrogen-bond donors (Lipinski definition) is 1. The van der Waals surface area contributed by atoms with E-state index in [1.165, 1.54) is 30.3 Å². The van der Waals surface area contributed by atoms with Crippen molar-refractivity contribution in [2.75, 3.05) is 23.9 Å². The van der Waals surface area contributed by atoms with Gasteiger partial charge in [0.2, 0.25) is 5.95 Å². The normalized spacial score (nSPS) is 18.5. The number of anilines is 2. The number of nitrogens with zero attached hydrogens (tertiary/aromatic N) is 3. The lowest BCUT2D eigenvalue weighted by Gasteiger charge is -2.23. The van der Waals surface area contributed by atoms with Crippen LogP contribution < -0.4 is 5.32 Å². The molecule has 0 aliphatic carbocycles. The van der Waals surface area contributed by atoms with E-state index in [0.717, 1.165) is 12.1 Å². The van der Waals surface area contributed by atoms with E-state index in [1.807, 2.05) is 0 Å². The van der Waals surface area contributed by atoms with E-state index >= 15 is 0 Å². The third-order valence-electron chi connectivity index (χ3n) is 4.13. The maximum absolute atomic E-state index is 13.3. The second-order valence-corrected chi connectivity index (χ2v) is 8.22. The quantitative estimate of drug-likeness (QED) is 0.866. The lowest BCUT2D eigenvalue weighted by Crippen LogP contribution is -2.38. The van der Waals surface area contributed by atoms with E-state index in [9.17, 15) is 22.0 Å². The lowest BCUT2D eigenvalue weighted by atomic mass is 10.2. The number of rotatable bonds is 4. The topological polar surface area (TPSA) is 92.3 Å². The van der Waals surface area contributed by atoms with Gasteiger partial charge in [-0.1, -0.05) is 0 Å². The number of benzene rings is 1. The molecule has 0 radical (unpaired) electrons. The smallest absolute Gasteiger partial charge is 0.272 e. The molecule has 1 aliphatic rings. The van der Waals surface area contributed by atoms with E-state index in [4.69, 9.17) is 0 Å². The number of nitrogens with one attached hydrogen (secondary N) is 1. The lowest BCUT2D eigenvalue weighted by molar-refractivity contribution is 0.0741. The molecule has 1 aromatic heterocycles. The predicted molar refractivity (Wildman–Crippen MR) is 90.8 cm³/mol. The fraction of sp³-hybridized carbons (Fsp3) is 0.312. The Morgan fingerprint density at radius 3 is 2.69 bits per heavy atom. The second-order valence-electron chi connectivity index (χ2n) is 5.99. The molecule has 1 saturated heterocycles. The number of carbonyl (C=O) groups is 1. The molecule has 0 saturated carbocycles. The fourth-order valence-corrected chi connectivity index (χ4v) is 4.44. The minimum atomic E-state index is -3.12. The number of hydrogen-bond acceptors (Lipinski definition) is 6. The minimum Gasteiger partial charge on any atom is -0.336 e. The molecular weight excluding hydrogens is 366 g/mol. The number of amides is 1. The molecule has 10 heteroatoms. The summed E-state index contributed by atoms with van der Waals surface area (Å²) < 4.78 is 49.4. The van der Waals surface area contributed by atoms with Gasteiger partial charge in [0.15, 0.2) is 21.5 Å². The largest absolute Gasteiger partial charge is 0.336 e. The van der Waals surface area contributed by atoms with Crippen LogP contribution in [0.4, 0.5) is 20.4 Å². The van der Waals surface area contributed by atoms with E-state index in [-0.39, 0.29) is 28.8 Å². The number of carbonyl (C=O) groups excluding carboxylic acids is 1. The zero-order valence-electron chi connectivity index (χ0n) is 13.8. The first-order valence-electron chi connectivity index (χ1n) is 7.78. The first-order chi connectivity index (χ1) is 12.2. The summed E-state index contributed by atoms with van der Waals surface area (Å²) in [6.45, 7) is 0. The van der Waals surface area contributed by atoms with Gasteiger partial charge in [0.1, 0.15) is 5.69 Å². The first-order valence-corrected chi connectivity index (χ1v) is 9.60. The monoisotopic (exact) mass is 382 g/mol. The van der Waals surface area contributed by atoms with Crippen LogP contribution in [0.15, 0.2) is 30.5 Å². The molecule has 1 aromatic carbocycles. The first kappa shape index (κ1) is 18.2. The van der Waals surface area contributed by atoms with Crippen molar-refractivity contribution in [2.45, 2.75) is 12.5 Å². The highest BCUT2D eigenvalue weighted by molar-refractivity contribution is 7.91. The van der Waals surface area contributed by atoms with Crippen molar-refractivity contribution < 1.29 is 22.0 Å². The molecule has 2 heterocycles. The predicted octanol–water partition coefficient (Wildman–Crippen LogP) is 1.76. The average molecular weight is 382 g/mol. The molecule has 1 aliphatic heterocycles. The van der Waals surface area contributed by atoms with Crippen LogP contribution in [-0.2, 0) is 9.84 Å². The maximum atomic E-state index is 13.3. The van der Waals surface area contributed by atoms with E-state index < -0.39 is 33.4 Å². The summed E-state index contributed by atoms with van der Waals surface area (Å²) in [7, 11) is -1.59. The Bertz CT molecular complexity index is 952. The van der Waals surface area contributed by atoms with Crippen LogP contribution in [0.1, 0.15) is 16.9 Å². The molecule has 138 valence electrons. The van der Waals surface area contributed by atoms with Crippen LogP contribution in [0, 0.1) is 11.6 Å². The molecular formula is C16H16F2N4O3S. The standard InChI is InChI=1S/C16H16F2N4O3S/c1-22(11-5-7-26(24,25)9-11)15(23)14-4-6-19-16(21-14)20-10-2-3-12(17)13(18)8-10/h2-4,6,8,11H,5,7,9H2,1H3,(H,19,20,21). The molecule has 7 nitrogen and oxygen atoms in total. The van der Waals surface area contributed by atoms with Crippen molar-refractivity contribution in [3.05, 3.63) is 47.8 Å². The molecule has 1 N–H and O–H groups in total. The zero-order chi connectivity index (χ0) is 18.9. The van der Waals surface area contributed by atoms with Crippen LogP contribution in [0.3, 0.4) is 0 Å². The Morgan fingerprint density at radius 2 is 2.04 bits per heavy atom. The zero-order valence-corrected chi connectivity index (χ0v) is 14.6. The van der Waals surface area contributed by atoms with Crippen molar-refractivity contribution in [2.24, 2.45) is 0 Å². The van der Waals surface area contributed by atoms with Crippen LogP contribution in [0.25, 0.3) is 0 Å². The van der Waals surface area contributed by atoms with Crippen LogP contribution in [0.5, 0.6) is 0 Å². The minimum absolute atomic E-state index is 0.0364. The molecule has 3 rings (SSSR count). The SMILES string of the molecule is CN(C(=O)c1ccnc(Nc2ccc(F)c(F)c2)n1)C1CCS(=O)(=O)C1. The number of aromatic nitrogens is 2. The Hall–Kier alpha value is -2.62. The third kappa shape index (κ3) is 3.96. The molecule has 1 amide bonds. The van der Waals surface area contributed by atoms with Crippen molar-refractivity contribution in [3.63, 3.8) is 0 Å². The van der Waals surface area contributed by atoms with E-state index in [0.29, 0.717) is 6.42 Å². The van der Waals surface area contributed by atoms with Crippen LogP contribution >= 0.6 is 0 Å². The highest BCUT2D eigenvalue weighted by Gasteiger charge is 2.33. The van der Waals surface area contributed by atoms with Crippen LogP contribution in [0.2, 0.25) is 0 Å². The number of sulfone groups is 1. The molecule has 26 heavy (non-hydrogen) atoms.